The van der Waals surface area contributed by atoms with E-state index < -0.39 is 20.9 Å². The molecule has 10 heteroatoms. The Bertz CT molecular complexity index is 1370. The Morgan fingerprint density at radius 2 is 1.64 bits per heavy atom. The van der Waals surface area contributed by atoms with Crippen LogP contribution in [0.1, 0.15) is 6.92 Å². The number of hydrogen-bond donors (Lipinski definition) is 0. The second kappa shape index (κ2) is 9.16. The van der Waals surface area contributed by atoms with Gasteiger partial charge in [0.1, 0.15) is 11.5 Å². The van der Waals surface area contributed by atoms with Crippen molar-refractivity contribution >= 4 is 9.84 Å². The largest absolute Gasteiger partial charge is 0.414 e. The third kappa shape index (κ3) is 4.81. The van der Waals surface area contributed by atoms with Gasteiger partial charge in [-0.25, -0.2) is 17.8 Å². The van der Waals surface area contributed by atoms with Gasteiger partial charge in [0.25, 0.3) is 11.8 Å². The van der Waals surface area contributed by atoms with Crippen LogP contribution in [0.4, 0.5) is 4.39 Å². The van der Waals surface area contributed by atoms with Gasteiger partial charge in [-0.05, 0) is 45.3 Å². The fourth-order valence-corrected chi connectivity index (χ4v) is 4.81. The predicted octanol–water partition coefficient (Wildman–Crippen LogP) is 3.72. The molecule has 0 aliphatic rings. The van der Waals surface area contributed by atoms with Gasteiger partial charge in [-0.15, -0.1) is 10.2 Å². The fraction of sp³-hybridized carbons (Fsp3) is 0.217. The van der Waals surface area contributed by atoms with Gasteiger partial charge in [-0.3, -0.25) is 4.98 Å². The lowest BCUT2D eigenvalue weighted by Gasteiger charge is -2.17. The Kier molecular flexibility index (Phi) is 6.30. The molecular formula is C23H22FN5O3S. The SMILES string of the molecule is CC(CN(C)C)S(=O)(=O)c1ccc(-c2cncc(-c3nnc(-c4ccccc4F)o3)n2)cc1. The highest BCUT2D eigenvalue weighted by molar-refractivity contribution is 7.92. The van der Waals surface area contributed by atoms with E-state index in [4.69, 9.17) is 4.42 Å². The van der Waals surface area contributed by atoms with E-state index >= 15 is 0 Å². The maximum absolute atomic E-state index is 14.0. The van der Waals surface area contributed by atoms with Crippen molar-refractivity contribution < 1.29 is 17.2 Å². The molecular weight excluding hydrogens is 445 g/mol. The molecule has 0 aliphatic heterocycles. The third-order valence-corrected chi connectivity index (χ3v) is 7.15. The Morgan fingerprint density at radius 3 is 2.33 bits per heavy atom. The molecule has 4 rings (SSSR count). The first kappa shape index (κ1) is 22.7. The van der Waals surface area contributed by atoms with E-state index in [0.29, 0.717) is 23.5 Å². The summed E-state index contributed by atoms with van der Waals surface area (Å²) in [6.45, 7) is 2.12. The molecule has 2 heterocycles. The Labute approximate surface area is 191 Å². The number of rotatable bonds is 7. The average molecular weight is 468 g/mol. The van der Waals surface area contributed by atoms with Crippen molar-refractivity contribution in [3.05, 3.63) is 66.7 Å². The predicted molar refractivity (Wildman–Crippen MR) is 121 cm³/mol. The summed E-state index contributed by atoms with van der Waals surface area (Å²) in [5, 5.41) is 7.33. The molecule has 8 nitrogen and oxygen atoms in total. The molecule has 2 aromatic carbocycles. The van der Waals surface area contributed by atoms with Crippen LogP contribution in [0.25, 0.3) is 34.3 Å². The van der Waals surface area contributed by atoms with Crippen molar-refractivity contribution in [2.45, 2.75) is 17.1 Å². The minimum absolute atomic E-state index is 0.0386. The summed E-state index contributed by atoms with van der Waals surface area (Å²) in [5.74, 6) is -0.335. The smallest absolute Gasteiger partial charge is 0.268 e. The average Bonchev–Trinajstić information content (AvgIpc) is 3.29. The van der Waals surface area contributed by atoms with Crippen LogP contribution in [-0.4, -0.2) is 59.4 Å². The Balaban J connectivity index is 1.60. The topological polar surface area (TPSA) is 102 Å². The van der Waals surface area contributed by atoms with E-state index in [1.807, 2.05) is 19.0 Å². The van der Waals surface area contributed by atoms with Gasteiger partial charge in [0.15, 0.2) is 9.84 Å². The molecule has 0 saturated heterocycles. The van der Waals surface area contributed by atoms with Gasteiger partial charge in [-0.1, -0.05) is 24.3 Å². The van der Waals surface area contributed by atoms with Crippen LogP contribution in [0.15, 0.2) is 70.2 Å². The summed E-state index contributed by atoms with van der Waals surface area (Å²) < 4.78 is 45.2. The molecule has 0 bridgehead atoms. The van der Waals surface area contributed by atoms with Gasteiger partial charge < -0.3 is 9.32 Å². The van der Waals surface area contributed by atoms with Crippen LogP contribution in [0.3, 0.4) is 0 Å². The van der Waals surface area contributed by atoms with Crippen molar-refractivity contribution in [1.29, 1.82) is 0 Å². The molecule has 4 aromatic rings. The number of benzene rings is 2. The van der Waals surface area contributed by atoms with Crippen molar-refractivity contribution in [2.24, 2.45) is 0 Å². The first-order chi connectivity index (χ1) is 15.8. The van der Waals surface area contributed by atoms with Crippen molar-refractivity contribution in [3.8, 4) is 34.3 Å². The summed E-state index contributed by atoms with van der Waals surface area (Å²) >= 11 is 0. The molecule has 0 saturated carbocycles. The lowest BCUT2D eigenvalue weighted by Crippen LogP contribution is -2.30. The molecule has 1 atom stereocenters. The summed E-state index contributed by atoms with van der Waals surface area (Å²) in [6.07, 6.45) is 3.01. The maximum Gasteiger partial charge on any atom is 0.268 e. The van der Waals surface area contributed by atoms with Gasteiger partial charge in [-0.2, -0.15) is 0 Å². The fourth-order valence-electron chi connectivity index (χ4n) is 3.34. The van der Waals surface area contributed by atoms with Crippen molar-refractivity contribution in [1.82, 2.24) is 25.1 Å². The lowest BCUT2D eigenvalue weighted by molar-refractivity contribution is 0.405. The Hall–Kier alpha value is -3.50. The first-order valence-corrected chi connectivity index (χ1v) is 11.7. The second-order valence-corrected chi connectivity index (χ2v) is 10.2. The highest BCUT2D eigenvalue weighted by Crippen LogP contribution is 2.27. The molecule has 1 unspecified atom stereocenters. The van der Waals surface area contributed by atoms with Crippen molar-refractivity contribution in [3.63, 3.8) is 0 Å². The quantitative estimate of drug-likeness (QED) is 0.405. The van der Waals surface area contributed by atoms with Crippen molar-refractivity contribution in [2.75, 3.05) is 20.6 Å². The minimum atomic E-state index is -3.45. The highest BCUT2D eigenvalue weighted by Gasteiger charge is 2.24. The van der Waals surface area contributed by atoms with Crippen LogP contribution >= 0.6 is 0 Å². The van der Waals surface area contributed by atoms with Gasteiger partial charge in [0.2, 0.25) is 0 Å². The zero-order valence-corrected chi connectivity index (χ0v) is 19.1. The van der Waals surface area contributed by atoms with Crippen LogP contribution in [-0.2, 0) is 9.84 Å². The zero-order chi connectivity index (χ0) is 23.6. The van der Waals surface area contributed by atoms with E-state index in [1.54, 1.807) is 55.6 Å². The molecule has 0 aliphatic carbocycles. The van der Waals surface area contributed by atoms with Crippen LogP contribution in [0.5, 0.6) is 0 Å². The van der Waals surface area contributed by atoms with E-state index in [9.17, 15) is 12.8 Å². The minimum Gasteiger partial charge on any atom is -0.414 e. The number of hydrogen-bond acceptors (Lipinski definition) is 8. The second-order valence-electron chi connectivity index (χ2n) is 7.82. The third-order valence-electron chi connectivity index (χ3n) is 5.01. The first-order valence-electron chi connectivity index (χ1n) is 10.2. The van der Waals surface area contributed by atoms with E-state index in [1.165, 1.54) is 12.3 Å². The molecule has 0 N–H and O–H groups in total. The standard InChI is InChI=1S/C23H22FN5O3S/c1-15(14-29(2)3)33(30,31)17-10-8-16(9-11-17)20-12-25-13-21(26-20)23-28-27-22(32-23)18-6-4-5-7-19(18)24/h4-13,15H,14H2,1-3H3. The molecule has 0 radical (unpaired) electrons. The molecule has 2 aromatic heterocycles. The monoisotopic (exact) mass is 467 g/mol. The van der Waals surface area contributed by atoms with Crippen LogP contribution < -0.4 is 0 Å². The Morgan fingerprint density at radius 1 is 0.970 bits per heavy atom. The maximum atomic E-state index is 14.0. The van der Waals surface area contributed by atoms with Crippen LogP contribution in [0.2, 0.25) is 0 Å². The zero-order valence-electron chi connectivity index (χ0n) is 18.3. The number of nitrogens with zero attached hydrogens (tertiary/aromatic N) is 5. The summed E-state index contributed by atoms with van der Waals surface area (Å²) in [4.78, 5) is 10.8. The van der Waals surface area contributed by atoms with E-state index in [2.05, 4.69) is 20.2 Å². The van der Waals surface area contributed by atoms with Gasteiger partial charge in [0.05, 0.1) is 33.8 Å². The number of aromatic nitrogens is 4. The normalized spacial score (nSPS) is 12.8. The summed E-state index contributed by atoms with van der Waals surface area (Å²) in [7, 11) is 0.221. The van der Waals surface area contributed by atoms with Gasteiger partial charge >= 0.3 is 0 Å². The van der Waals surface area contributed by atoms with E-state index in [-0.39, 0.29) is 22.2 Å². The van der Waals surface area contributed by atoms with Crippen LogP contribution in [0, 0.1) is 5.82 Å². The van der Waals surface area contributed by atoms with Gasteiger partial charge in [0, 0.05) is 12.1 Å². The lowest BCUT2D eigenvalue weighted by atomic mass is 10.1. The number of halogens is 1. The molecule has 33 heavy (non-hydrogen) atoms. The number of sulfone groups is 1. The van der Waals surface area contributed by atoms with E-state index in [0.717, 1.165) is 0 Å². The summed E-state index contributed by atoms with van der Waals surface area (Å²) in [5.41, 5.74) is 1.69. The molecule has 0 amide bonds. The molecule has 170 valence electrons. The summed E-state index contributed by atoms with van der Waals surface area (Å²) in [6, 6.07) is 12.6. The molecule has 0 spiro atoms. The molecule has 0 fully saturated rings. The highest BCUT2D eigenvalue weighted by atomic mass is 32.2.